The van der Waals surface area contributed by atoms with Crippen molar-refractivity contribution in [2.75, 3.05) is 13.1 Å². The van der Waals surface area contributed by atoms with Crippen LogP contribution in [0.1, 0.15) is 67.3 Å². The number of fused-ring (bicyclic) bond motifs is 1. The lowest BCUT2D eigenvalue weighted by Gasteiger charge is -2.53. The minimum Gasteiger partial charge on any atom is -0.489 e. The summed E-state index contributed by atoms with van der Waals surface area (Å²) in [4.78, 5) is 40.6. The van der Waals surface area contributed by atoms with Gasteiger partial charge in [-0.25, -0.2) is 8.78 Å². The standard InChI is InChI=1S/C26H31F2N3O4/c27-26(28)10-16(11-26)17-12-30(13-17)20-3-1-2-4-22(20)35-18-5-6-19-15(9-18)14-31(25(19)34)21-7-8-23(32)29-24(21)33/h5-6,9,16-17,20-22H,1-4,7-8,10-14H2,(H,29,32,33)/t20-,21?,22+/m0/s1. The van der Waals surface area contributed by atoms with E-state index in [0.717, 1.165) is 44.3 Å². The number of amides is 3. The van der Waals surface area contributed by atoms with Crippen molar-refractivity contribution in [1.29, 1.82) is 0 Å². The Labute approximate surface area is 203 Å². The molecule has 2 aliphatic carbocycles. The normalized spacial score (nSPS) is 31.5. The molecule has 6 rings (SSSR count). The second-order valence-corrected chi connectivity index (χ2v) is 11.0. The Balaban J connectivity index is 1.09. The van der Waals surface area contributed by atoms with Crippen LogP contribution in [0.25, 0.3) is 0 Å². The van der Waals surface area contributed by atoms with E-state index in [-0.39, 0.29) is 49.1 Å². The van der Waals surface area contributed by atoms with Crippen LogP contribution in [0.3, 0.4) is 0 Å². The minimum atomic E-state index is -2.45. The summed E-state index contributed by atoms with van der Waals surface area (Å²) in [5, 5.41) is 2.33. The van der Waals surface area contributed by atoms with Gasteiger partial charge in [-0.1, -0.05) is 6.42 Å². The van der Waals surface area contributed by atoms with E-state index >= 15 is 0 Å². The number of nitrogens with zero attached hydrogens (tertiary/aromatic N) is 2. The predicted octanol–water partition coefficient (Wildman–Crippen LogP) is 3.11. The van der Waals surface area contributed by atoms with Crippen LogP contribution in [0.15, 0.2) is 18.2 Å². The number of likely N-dealkylation sites (tertiary alicyclic amines) is 1. The lowest BCUT2D eigenvalue weighted by molar-refractivity contribution is -0.153. The first-order valence-electron chi connectivity index (χ1n) is 12.8. The first-order chi connectivity index (χ1) is 16.8. The fraction of sp³-hybridized carbons (Fsp3) is 0.654. The molecule has 35 heavy (non-hydrogen) atoms. The van der Waals surface area contributed by atoms with Gasteiger partial charge in [0.1, 0.15) is 17.9 Å². The summed E-state index contributed by atoms with van der Waals surface area (Å²) in [7, 11) is 0. The third-order valence-electron chi connectivity index (χ3n) is 8.65. The van der Waals surface area contributed by atoms with Gasteiger partial charge in [0.25, 0.3) is 5.91 Å². The van der Waals surface area contributed by atoms with Crippen LogP contribution in [0, 0.1) is 11.8 Å². The van der Waals surface area contributed by atoms with E-state index in [2.05, 4.69) is 10.2 Å². The molecule has 1 unspecified atom stereocenters. The summed E-state index contributed by atoms with van der Waals surface area (Å²) in [5.41, 5.74) is 1.41. The van der Waals surface area contributed by atoms with E-state index < -0.39 is 17.9 Å². The van der Waals surface area contributed by atoms with Gasteiger partial charge >= 0.3 is 0 Å². The van der Waals surface area contributed by atoms with E-state index in [4.69, 9.17) is 4.74 Å². The maximum atomic E-state index is 13.3. The highest BCUT2D eigenvalue weighted by Crippen LogP contribution is 2.49. The Hall–Kier alpha value is -2.55. The van der Waals surface area contributed by atoms with Crippen LogP contribution < -0.4 is 10.1 Å². The lowest BCUT2D eigenvalue weighted by atomic mass is 9.69. The molecule has 0 aromatic heterocycles. The summed E-state index contributed by atoms with van der Waals surface area (Å²) >= 11 is 0. The Bertz CT molecular complexity index is 1050. The molecule has 1 aromatic carbocycles. The maximum Gasteiger partial charge on any atom is 0.255 e. The van der Waals surface area contributed by atoms with Crippen LogP contribution in [0.2, 0.25) is 0 Å². The molecule has 188 valence electrons. The molecule has 3 amide bonds. The molecule has 1 aromatic rings. The molecule has 9 heteroatoms. The summed E-state index contributed by atoms with van der Waals surface area (Å²) in [6.07, 6.45) is 4.93. The Kier molecular flexibility index (Phi) is 5.58. The third kappa shape index (κ3) is 4.21. The molecule has 5 aliphatic rings. The molecule has 0 spiro atoms. The first-order valence-corrected chi connectivity index (χ1v) is 12.8. The lowest BCUT2D eigenvalue weighted by Crippen LogP contribution is -2.61. The van der Waals surface area contributed by atoms with Gasteiger partial charge in [0, 0.05) is 50.5 Å². The van der Waals surface area contributed by atoms with E-state index in [1.807, 2.05) is 12.1 Å². The van der Waals surface area contributed by atoms with Crippen LogP contribution in [-0.4, -0.2) is 64.7 Å². The van der Waals surface area contributed by atoms with Crippen molar-refractivity contribution in [3.05, 3.63) is 29.3 Å². The number of rotatable bonds is 5. The van der Waals surface area contributed by atoms with Crippen molar-refractivity contribution in [3.8, 4) is 5.75 Å². The molecular formula is C26H31F2N3O4. The van der Waals surface area contributed by atoms with Crippen molar-refractivity contribution < 1.29 is 27.9 Å². The first kappa shape index (κ1) is 22.9. The average Bonchev–Trinajstić information content (AvgIpc) is 3.08. The van der Waals surface area contributed by atoms with Crippen LogP contribution in [-0.2, 0) is 16.1 Å². The average molecular weight is 488 g/mol. The molecule has 0 bridgehead atoms. The topological polar surface area (TPSA) is 79.0 Å². The van der Waals surface area contributed by atoms with Crippen molar-refractivity contribution in [2.24, 2.45) is 11.8 Å². The largest absolute Gasteiger partial charge is 0.489 e. The van der Waals surface area contributed by atoms with Crippen LogP contribution in [0.5, 0.6) is 5.75 Å². The molecule has 7 nitrogen and oxygen atoms in total. The number of halogens is 2. The molecule has 4 fully saturated rings. The number of nitrogens with one attached hydrogen (secondary N) is 1. The third-order valence-corrected chi connectivity index (χ3v) is 8.65. The second-order valence-electron chi connectivity index (χ2n) is 11.0. The molecule has 3 atom stereocenters. The summed E-state index contributed by atoms with van der Waals surface area (Å²) in [5.74, 6) is -2.11. The zero-order valence-electron chi connectivity index (χ0n) is 19.7. The van der Waals surface area contributed by atoms with E-state index in [1.54, 1.807) is 11.0 Å². The summed E-state index contributed by atoms with van der Waals surface area (Å²) in [6, 6.07) is 5.16. The number of hydrogen-bond donors (Lipinski definition) is 1. The Morgan fingerprint density at radius 1 is 1.00 bits per heavy atom. The van der Waals surface area contributed by atoms with Crippen LogP contribution >= 0.6 is 0 Å². The van der Waals surface area contributed by atoms with Crippen LogP contribution in [0.4, 0.5) is 8.78 Å². The van der Waals surface area contributed by atoms with Gasteiger partial charge < -0.3 is 9.64 Å². The Morgan fingerprint density at radius 2 is 1.77 bits per heavy atom. The van der Waals surface area contributed by atoms with Gasteiger partial charge in [-0.3, -0.25) is 24.6 Å². The quantitative estimate of drug-likeness (QED) is 0.646. The predicted molar refractivity (Wildman–Crippen MR) is 122 cm³/mol. The maximum absolute atomic E-state index is 13.3. The smallest absolute Gasteiger partial charge is 0.255 e. The van der Waals surface area contributed by atoms with Gasteiger partial charge in [-0.05, 0) is 61.3 Å². The highest BCUT2D eigenvalue weighted by atomic mass is 19.3. The molecule has 2 saturated carbocycles. The molecule has 3 aliphatic heterocycles. The van der Waals surface area contributed by atoms with Gasteiger partial charge in [0.15, 0.2) is 0 Å². The van der Waals surface area contributed by atoms with Gasteiger partial charge in [0.05, 0.1) is 0 Å². The number of carbonyl (C=O) groups is 3. The fourth-order valence-electron chi connectivity index (χ4n) is 6.59. The zero-order valence-corrected chi connectivity index (χ0v) is 19.7. The SMILES string of the molecule is O=C1CCC(N2Cc3cc(O[C@@H]4CCCC[C@@H]4N4CC(C5CC(F)(F)C5)C4)ccc3C2=O)C(=O)N1. The zero-order chi connectivity index (χ0) is 24.3. The van der Waals surface area contributed by atoms with Crippen molar-refractivity contribution in [3.63, 3.8) is 0 Å². The van der Waals surface area contributed by atoms with E-state index in [0.29, 0.717) is 30.2 Å². The number of alkyl halides is 2. The molecule has 1 N–H and O–H groups in total. The number of imide groups is 1. The monoisotopic (exact) mass is 487 g/mol. The highest BCUT2D eigenvalue weighted by Gasteiger charge is 2.52. The second kappa shape index (κ2) is 8.54. The molecule has 0 radical (unpaired) electrons. The number of carbonyl (C=O) groups excluding carboxylic acids is 3. The number of benzene rings is 1. The molecule has 2 saturated heterocycles. The van der Waals surface area contributed by atoms with Gasteiger partial charge in [-0.2, -0.15) is 0 Å². The number of ether oxygens (including phenoxy) is 1. The van der Waals surface area contributed by atoms with Gasteiger partial charge in [0.2, 0.25) is 17.7 Å². The summed E-state index contributed by atoms with van der Waals surface area (Å²) in [6.45, 7) is 2.08. The molecular weight excluding hydrogens is 456 g/mol. The molecule has 3 heterocycles. The number of hydrogen-bond acceptors (Lipinski definition) is 5. The van der Waals surface area contributed by atoms with E-state index in [1.165, 1.54) is 0 Å². The van der Waals surface area contributed by atoms with E-state index in [9.17, 15) is 23.2 Å². The van der Waals surface area contributed by atoms with Crippen molar-refractivity contribution >= 4 is 17.7 Å². The number of piperidine rings is 1. The fourth-order valence-corrected chi connectivity index (χ4v) is 6.59. The van der Waals surface area contributed by atoms with Crippen molar-refractivity contribution in [2.45, 2.75) is 82.0 Å². The summed E-state index contributed by atoms with van der Waals surface area (Å²) < 4.78 is 33.0. The highest BCUT2D eigenvalue weighted by molar-refractivity contribution is 6.05. The van der Waals surface area contributed by atoms with Crippen molar-refractivity contribution in [1.82, 2.24) is 15.1 Å². The minimum absolute atomic E-state index is 0.0360. The Morgan fingerprint density at radius 3 is 2.51 bits per heavy atom. The van der Waals surface area contributed by atoms with Gasteiger partial charge in [-0.15, -0.1) is 0 Å².